The molecule has 30 heavy (non-hydrogen) atoms. The zero-order chi connectivity index (χ0) is 22.0. The number of likely N-dealkylation sites (tertiary alicyclic amines) is 1. The minimum atomic E-state index is -0.792. The summed E-state index contributed by atoms with van der Waals surface area (Å²) in [6.45, 7) is 2.68. The predicted octanol–water partition coefficient (Wildman–Crippen LogP) is 2.69. The molecule has 2 aromatic rings. The van der Waals surface area contributed by atoms with Crippen molar-refractivity contribution < 1.29 is 24.5 Å². The van der Waals surface area contributed by atoms with Gasteiger partial charge in [0.15, 0.2) is 0 Å². The summed E-state index contributed by atoms with van der Waals surface area (Å²) in [6.07, 6.45) is 0. The van der Waals surface area contributed by atoms with Crippen molar-refractivity contribution in [2.45, 2.75) is 13.0 Å². The van der Waals surface area contributed by atoms with Crippen LogP contribution in [0.1, 0.15) is 22.7 Å². The Balaban J connectivity index is 2.16. The Morgan fingerprint density at radius 3 is 2.50 bits per heavy atom. The molecule has 1 atom stereocenters. The maximum atomic E-state index is 12.9. The van der Waals surface area contributed by atoms with Gasteiger partial charge < -0.3 is 24.7 Å². The fraction of sp³-hybridized carbons (Fsp3) is 0.304. The fourth-order valence-corrected chi connectivity index (χ4v) is 3.64. The lowest BCUT2D eigenvalue weighted by molar-refractivity contribution is -0.140. The molecule has 3 rings (SSSR count). The molecule has 1 heterocycles. The van der Waals surface area contributed by atoms with Crippen molar-refractivity contribution in [3.8, 4) is 11.5 Å². The van der Waals surface area contributed by atoms with Gasteiger partial charge in [-0.15, -0.1) is 0 Å². The standard InChI is InChI=1S/C23H26N2O5/c1-14-12-16(8-9-18(14)30-4)21(27)19-20(15-6-5-7-17(26)13-15)25(11-10-24(2)3)23(29)22(19)28/h5-9,12-13,20,26-27H,10-11H2,1-4H3/b21-19-. The molecule has 0 radical (unpaired) electrons. The Morgan fingerprint density at radius 1 is 1.17 bits per heavy atom. The molecule has 1 aliphatic heterocycles. The number of carbonyl (C=O) groups excluding carboxylic acids is 2. The van der Waals surface area contributed by atoms with Gasteiger partial charge in [-0.1, -0.05) is 12.1 Å². The number of likely N-dealkylation sites (N-methyl/N-ethyl adjacent to an activating group) is 1. The summed E-state index contributed by atoms with van der Waals surface area (Å²) in [5, 5.41) is 21.0. The molecule has 1 fully saturated rings. The van der Waals surface area contributed by atoms with Gasteiger partial charge in [0.2, 0.25) is 0 Å². The molecule has 0 spiro atoms. The van der Waals surface area contributed by atoms with E-state index in [1.54, 1.807) is 37.4 Å². The van der Waals surface area contributed by atoms with Crippen LogP contribution in [0.2, 0.25) is 0 Å². The van der Waals surface area contributed by atoms with Gasteiger partial charge in [-0.25, -0.2) is 0 Å². The zero-order valence-corrected chi connectivity index (χ0v) is 17.5. The number of aryl methyl sites for hydroxylation is 1. The van der Waals surface area contributed by atoms with Crippen molar-refractivity contribution in [3.05, 3.63) is 64.7 Å². The van der Waals surface area contributed by atoms with Gasteiger partial charge in [0.25, 0.3) is 11.7 Å². The Bertz CT molecular complexity index is 1010. The Morgan fingerprint density at radius 2 is 1.90 bits per heavy atom. The highest BCUT2D eigenvalue weighted by molar-refractivity contribution is 6.46. The molecular weight excluding hydrogens is 384 g/mol. The lowest BCUT2D eigenvalue weighted by Crippen LogP contribution is -2.35. The van der Waals surface area contributed by atoms with Crippen LogP contribution < -0.4 is 4.74 Å². The van der Waals surface area contributed by atoms with Crippen LogP contribution in [-0.4, -0.2) is 66.0 Å². The Kier molecular flexibility index (Phi) is 6.12. The van der Waals surface area contributed by atoms with Crippen molar-refractivity contribution in [1.82, 2.24) is 9.80 Å². The fourth-order valence-electron chi connectivity index (χ4n) is 3.64. The molecule has 158 valence electrons. The molecule has 0 bridgehead atoms. The number of methoxy groups -OCH3 is 1. The summed E-state index contributed by atoms with van der Waals surface area (Å²) in [4.78, 5) is 29.1. The highest BCUT2D eigenvalue weighted by Gasteiger charge is 2.46. The van der Waals surface area contributed by atoms with Gasteiger partial charge in [0.05, 0.1) is 18.7 Å². The van der Waals surface area contributed by atoms with Crippen molar-refractivity contribution >= 4 is 17.4 Å². The number of phenols is 1. The smallest absolute Gasteiger partial charge is 0.295 e. The summed E-state index contributed by atoms with van der Waals surface area (Å²) >= 11 is 0. The van der Waals surface area contributed by atoms with Gasteiger partial charge in [-0.05, 0) is 62.5 Å². The molecule has 1 amide bonds. The predicted molar refractivity (Wildman–Crippen MR) is 113 cm³/mol. The monoisotopic (exact) mass is 410 g/mol. The first kappa shape index (κ1) is 21.4. The molecule has 7 nitrogen and oxygen atoms in total. The summed E-state index contributed by atoms with van der Waals surface area (Å²) in [7, 11) is 5.31. The van der Waals surface area contributed by atoms with E-state index in [4.69, 9.17) is 4.74 Å². The van der Waals surface area contributed by atoms with Crippen LogP contribution in [-0.2, 0) is 9.59 Å². The van der Waals surface area contributed by atoms with E-state index in [1.807, 2.05) is 25.9 Å². The number of aliphatic hydroxyl groups excluding tert-OH is 1. The van der Waals surface area contributed by atoms with Crippen molar-refractivity contribution in [3.63, 3.8) is 0 Å². The van der Waals surface area contributed by atoms with E-state index < -0.39 is 17.7 Å². The van der Waals surface area contributed by atoms with Gasteiger partial charge in [-0.2, -0.15) is 0 Å². The van der Waals surface area contributed by atoms with Crippen molar-refractivity contribution in [1.29, 1.82) is 0 Å². The molecule has 0 saturated carbocycles. The van der Waals surface area contributed by atoms with Gasteiger partial charge in [-0.3, -0.25) is 9.59 Å². The van der Waals surface area contributed by atoms with Crippen LogP contribution in [0.3, 0.4) is 0 Å². The number of amides is 1. The molecule has 2 aromatic carbocycles. The van der Waals surface area contributed by atoms with E-state index in [2.05, 4.69) is 0 Å². The number of Topliss-reactive ketones (excluding diaryl/α,β-unsaturated/α-hetero) is 1. The van der Waals surface area contributed by atoms with E-state index in [1.165, 1.54) is 17.0 Å². The van der Waals surface area contributed by atoms with Crippen LogP contribution in [0, 0.1) is 6.92 Å². The zero-order valence-electron chi connectivity index (χ0n) is 17.5. The number of ketones is 1. The summed E-state index contributed by atoms with van der Waals surface area (Å²) in [6, 6.07) is 10.7. The first-order valence-corrected chi connectivity index (χ1v) is 9.61. The Labute approximate surface area is 175 Å². The largest absolute Gasteiger partial charge is 0.508 e. The Hall–Kier alpha value is -3.32. The third-order valence-electron chi connectivity index (χ3n) is 5.18. The number of nitrogens with zero attached hydrogens (tertiary/aromatic N) is 2. The second-order valence-corrected chi connectivity index (χ2v) is 7.58. The lowest BCUT2D eigenvalue weighted by atomic mass is 9.94. The van der Waals surface area contributed by atoms with E-state index in [9.17, 15) is 19.8 Å². The first-order valence-electron chi connectivity index (χ1n) is 9.61. The molecule has 0 aromatic heterocycles. The molecule has 1 unspecified atom stereocenters. The first-order chi connectivity index (χ1) is 14.2. The number of hydrogen-bond donors (Lipinski definition) is 2. The van der Waals surface area contributed by atoms with Crippen LogP contribution in [0.25, 0.3) is 5.76 Å². The number of aromatic hydroxyl groups is 1. The number of carbonyl (C=O) groups is 2. The van der Waals surface area contributed by atoms with Gasteiger partial charge in [0.1, 0.15) is 17.3 Å². The second-order valence-electron chi connectivity index (χ2n) is 7.58. The van der Waals surface area contributed by atoms with Crippen molar-refractivity contribution in [2.75, 3.05) is 34.3 Å². The highest BCUT2D eigenvalue weighted by atomic mass is 16.5. The molecule has 1 aliphatic rings. The van der Waals surface area contributed by atoms with Crippen LogP contribution in [0.5, 0.6) is 11.5 Å². The summed E-state index contributed by atoms with van der Waals surface area (Å²) < 4.78 is 5.26. The molecule has 0 aliphatic carbocycles. The molecule has 1 saturated heterocycles. The quantitative estimate of drug-likeness (QED) is 0.432. The molecule has 7 heteroatoms. The number of ether oxygens (including phenoxy) is 1. The van der Waals surface area contributed by atoms with E-state index in [-0.39, 0.29) is 17.1 Å². The third kappa shape index (κ3) is 4.02. The topological polar surface area (TPSA) is 90.3 Å². The SMILES string of the molecule is COc1ccc(/C(O)=C2/C(=O)C(=O)N(CCN(C)C)C2c2cccc(O)c2)cc1C. The number of aliphatic hydroxyl groups is 1. The van der Waals surface area contributed by atoms with Crippen LogP contribution in [0.15, 0.2) is 48.0 Å². The average molecular weight is 410 g/mol. The maximum Gasteiger partial charge on any atom is 0.295 e. The minimum absolute atomic E-state index is 0.00826. The molecular formula is C23H26N2O5. The normalized spacial score (nSPS) is 18.3. The number of phenolic OH excluding ortho intramolecular Hbond substituents is 1. The van der Waals surface area contributed by atoms with Crippen LogP contribution >= 0.6 is 0 Å². The summed E-state index contributed by atoms with van der Waals surface area (Å²) in [5.74, 6) is -0.988. The third-order valence-corrected chi connectivity index (χ3v) is 5.18. The van der Waals surface area contributed by atoms with Gasteiger partial charge >= 0.3 is 0 Å². The minimum Gasteiger partial charge on any atom is -0.508 e. The van der Waals surface area contributed by atoms with Crippen LogP contribution in [0.4, 0.5) is 0 Å². The summed E-state index contributed by atoms with van der Waals surface area (Å²) in [5.41, 5.74) is 1.77. The maximum absolute atomic E-state index is 12.9. The second kappa shape index (κ2) is 8.59. The lowest BCUT2D eigenvalue weighted by Gasteiger charge is -2.26. The van der Waals surface area contributed by atoms with E-state index in [0.717, 1.165) is 5.56 Å². The number of hydrogen-bond acceptors (Lipinski definition) is 6. The van der Waals surface area contributed by atoms with E-state index >= 15 is 0 Å². The highest BCUT2D eigenvalue weighted by Crippen LogP contribution is 2.40. The number of benzene rings is 2. The average Bonchev–Trinajstić information content (AvgIpc) is 2.96. The number of rotatable bonds is 6. The van der Waals surface area contributed by atoms with Crippen molar-refractivity contribution in [2.24, 2.45) is 0 Å². The molecule has 2 N–H and O–H groups in total. The van der Waals surface area contributed by atoms with Gasteiger partial charge in [0, 0.05) is 18.7 Å². The van der Waals surface area contributed by atoms with E-state index in [0.29, 0.717) is 30.0 Å².